The van der Waals surface area contributed by atoms with E-state index in [0.29, 0.717) is 36.3 Å². The zero-order chi connectivity index (χ0) is 21.0. The van der Waals surface area contributed by atoms with Gasteiger partial charge in [0.05, 0.1) is 10.1 Å². The van der Waals surface area contributed by atoms with Crippen LogP contribution in [0.25, 0.3) is 0 Å². The summed E-state index contributed by atoms with van der Waals surface area (Å²) < 4.78 is 27.9. The lowest BCUT2D eigenvalue weighted by Gasteiger charge is -2.13. The maximum Gasteiger partial charge on any atom is 0.319 e. The fourth-order valence-electron chi connectivity index (χ4n) is 3.65. The fraction of sp³-hybridized carbons (Fsp3) is 0.526. The number of aromatic amines is 1. The standard InChI is InChI=1S/C19H27N5O3S2/c1-13(2)24-17(22-23-19(24)28)10-11-20-18(25)21-14-6-5-9-16(12-14)29(26,27)15-7-3-4-8-15/h5-6,9,12-13,15H,3-4,7-8,10-11H2,1-2H3,(H,23,28)(H2,20,21,25). The van der Waals surface area contributed by atoms with Gasteiger partial charge < -0.3 is 15.2 Å². The van der Waals surface area contributed by atoms with Gasteiger partial charge in [0.1, 0.15) is 5.82 Å². The lowest BCUT2D eigenvalue weighted by atomic mass is 10.3. The highest BCUT2D eigenvalue weighted by Gasteiger charge is 2.30. The average molecular weight is 438 g/mol. The maximum atomic E-state index is 12.7. The average Bonchev–Trinajstić information content (AvgIpc) is 3.32. The zero-order valence-corrected chi connectivity index (χ0v) is 18.3. The molecule has 0 unspecified atom stereocenters. The molecule has 1 heterocycles. The molecule has 0 saturated heterocycles. The molecule has 1 saturated carbocycles. The number of urea groups is 1. The minimum Gasteiger partial charge on any atom is -0.337 e. The van der Waals surface area contributed by atoms with Gasteiger partial charge in [-0.2, -0.15) is 5.10 Å². The van der Waals surface area contributed by atoms with E-state index in [4.69, 9.17) is 12.2 Å². The number of nitrogens with one attached hydrogen (secondary N) is 3. The highest BCUT2D eigenvalue weighted by Crippen LogP contribution is 2.30. The number of benzene rings is 1. The van der Waals surface area contributed by atoms with E-state index in [0.717, 1.165) is 18.7 Å². The molecular weight excluding hydrogens is 410 g/mol. The molecule has 1 fully saturated rings. The quantitative estimate of drug-likeness (QED) is 0.574. The third-order valence-electron chi connectivity index (χ3n) is 5.09. The predicted molar refractivity (Wildman–Crippen MR) is 114 cm³/mol. The normalized spacial score (nSPS) is 15.0. The van der Waals surface area contributed by atoms with Crippen LogP contribution in [0, 0.1) is 4.77 Å². The van der Waals surface area contributed by atoms with Crippen molar-refractivity contribution in [2.75, 3.05) is 11.9 Å². The van der Waals surface area contributed by atoms with Crippen LogP contribution >= 0.6 is 12.2 Å². The second-order valence-corrected chi connectivity index (χ2v) is 10.1. The van der Waals surface area contributed by atoms with Crippen LogP contribution in [-0.4, -0.2) is 41.0 Å². The predicted octanol–water partition coefficient (Wildman–Crippen LogP) is 3.60. The number of hydrogen-bond acceptors (Lipinski definition) is 5. The van der Waals surface area contributed by atoms with Crippen molar-refractivity contribution in [3.63, 3.8) is 0 Å². The summed E-state index contributed by atoms with van der Waals surface area (Å²) in [4.78, 5) is 12.5. The van der Waals surface area contributed by atoms with Gasteiger partial charge in [0.15, 0.2) is 14.6 Å². The first-order valence-corrected chi connectivity index (χ1v) is 11.8. The number of nitrogens with zero attached hydrogens (tertiary/aromatic N) is 2. The summed E-state index contributed by atoms with van der Waals surface area (Å²) in [5, 5.41) is 12.1. The van der Waals surface area contributed by atoms with Crippen molar-refractivity contribution in [3.05, 3.63) is 34.9 Å². The number of aromatic nitrogens is 3. The molecule has 158 valence electrons. The number of H-pyrrole nitrogens is 1. The highest BCUT2D eigenvalue weighted by atomic mass is 32.2. The molecule has 0 aliphatic heterocycles. The summed E-state index contributed by atoms with van der Waals surface area (Å²) in [7, 11) is -3.36. The number of rotatable bonds is 7. The molecule has 2 aromatic rings. The van der Waals surface area contributed by atoms with E-state index >= 15 is 0 Å². The van der Waals surface area contributed by atoms with Gasteiger partial charge in [-0.1, -0.05) is 18.9 Å². The SMILES string of the molecule is CC(C)n1c(CCNC(=O)Nc2cccc(S(=O)(=O)C3CCCC3)c2)n[nH]c1=S. The van der Waals surface area contributed by atoms with Crippen LogP contribution in [0.5, 0.6) is 0 Å². The topological polar surface area (TPSA) is 109 Å². The third-order valence-corrected chi connectivity index (χ3v) is 7.64. The third kappa shape index (κ3) is 5.05. The summed E-state index contributed by atoms with van der Waals surface area (Å²) in [6.45, 7) is 4.40. The molecule has 0 spiro atoms. The van der Waals surface area contributed by atoms with Gasteiger partial charge >= 0.3 is 6.03 Å². The maximum absolute atomic E-state index is 12.7. The number of sulfone groups is 1. The summed E-state index contributed by atoms with van der Waals surface area (Å²) >= 11 is 5.22. The largest absolute Gasteiger partial charge is 0.337 e. The Bertz CT molecular complexity index is 1020. The van der Waals surface area contributed by atoms with E-state index in [2.05, 4.69) is 20.8 Å². The van der Waals surface area contributed by atoms with Crippen LogP contribution in [0.1, 0.15) is 51.4 Å². The second-order valence-electron chi connectivity index (χ2n) is 7.52. The van der Waals surface area contributed by atoms with Crippen LogP contribution in [-0.2, 0) is 16.3 Å². The van der Waals surface area contributed by atoms with E-state index < -0.39 is 15.9 Å². The van der Waals surface area contributed by atoms with Gasteiger partial charge in [-0.3, -0.25) is 5.10 Å². The smallest absolute Gasteiger partial charge is 0.319 e. The van der Waals surface area contributed by atoms with Crippen LogP contribution in [0.4, 0.5) is 10.5 Å². The summed E-state index contributed by atoms with van der Waals surface area (Å²) in [5.74, 6) is 0.773. The zero-order valence-electron chi connectivity index (χ0n) is 16.6. The lowest BCUT2D eigenvalue weighted by Crippen LogP contribution is -2.31. The van der Waals surface area contributed by atoms with E-state index in [1.807, 2.05) is 18.4 Å². The molecule has 29 heavy (non-hydrogen) atoms. The van der Waals surface area contributed by atoms with Crippen molar-refractivity contribution >= 4 is 33.8 Å². The number of carbonyl (C=O) groups excluding carboxylic acids is 1. The van der Waals surface area contributed by atoms with Crippen molar-refractivity contribution in [1.29, 1.82) is 0 Å². The van der Waals surface area contributed by atoms with E-state index in [-0.39, 0.29) is 16.2 Å². The second kappa shape index (κ2) is 9.08. The van der Waals surface area contributed by atoms with E-state index in [1.165, 1.54) is 6.07 Å². The molecule has 0 atom stereocenters. The molecule has 1 aromatic heterocycles. The van der Waals surface area contributed by atoms with Crippen molar-refractivity contribution in [3.8, 4) is 0 Å². The number of amides is 2. The van der Waals surface area contributed by atoms with Crippen molar-refractivity contribution < 1.29 is 13.2 Å². The van der Waals surface area contributed by atoms with Gasteiger partial charge in [0, 0.05) is 24.7 Å². The first-order chi connectivity index (χ1) is 13.8. The van der Waals surface area contributed by atoms with Crippen molar-refractivity contribution in [1.82, 2.24) is 20.1 Å². The monoisotopic (exact) mass is 437 g/mol. The van der Waals surface area contributed by atoms with Gasteiger partial charge in [0.25, 0.3) is 0 Å². The van der Waals surface area contributed by atoms with Crippen LogP contribution in [0.15, 0.2) is 29.2 Å². The molecule has 3 N–H and O–H groups in total. The Morgan fingerprint density at radius 1 is 1.34 bits per heavy atom. The van der Waals surface area contributed by atoms with Crippen LogP contribution in [0.2, 0.25) is 0 Å². The van der Waals surface area contributed by atoms with Crippen LogP contribution < -0.4 is 10.6 Å². The summed E-state index contributed by atoms with van der Waals surface area (Å²) in [6.07, 6.45) is 3.83. The Hall–Kier alpha value is -2.20. The van der Waals surface area contributed by atoms with Crippen LogP contribution in [0.3, 0.4) is 0 Å². The molecule has 1 aliphatic carbocycles. The fourth-order valence-corrected chi connectivity index (χ4v) is 5.91. The molecule has 10 heteroatoms. The summed E-state index contributed by atoms with van der Waals surface area (Å²) in [6, 6.07) is 6.22. The van der Waals surface area contributed by atoms with Crippen molar-refractivity contribution in [2.24, 2.45) is 0 Å². The van der Waals surface area contributed by atoms with Crippen molar-refractivity contribution in [2.45, 2.75) is 62.1 Å². The lowest BCUT2D eigenvalue weighted by molar-refractivity contribution is 0.252. The van der Waals surface area contributed by atoms with E-state index in [1.54, 1.807) is 18.2 Å². The first kappa shape index (κ1) is 21.5. The summed E-state index contributed by atoms with van der Waals surface area (Å²) in [5.41, 5.74) is 0.450. The molecular formula is C19H27N5O3S2. The Morgan fingerprint density at radius 3 is 2.76 bits per heavy atom. The molecule has 2 amide bonds. The number of anilines is 1. The molecule has 0 radical (unpaired) electrons. The Balaban J connectivity index is 1.58. The molecule has 8 nitrogen and oxygen atoms in total. The Kier molecular flexibility index (Phi) is 6.74. The highest BCUT2D eigenvalue weighted by molar-refractivity contribution is 7.92. The number of hydrogen-bond donors (Lipinski definition) is 3. The van der Waals surface area contributed by atoms with Gasteiger partial charge in [-0.05, 0) is 57.1 Å². The van der Waals surface area contributed by atoms with Gasteiger partial charge in [-0.25, -0.2) is 13.2 Å². The first-order valence-electron chi connectivity index (χ1n) is 9.83. The Morgan fingerprint density at radius 2 is 2.07 bits per heavy atom. The van der Waals surface area contributed by atoms with Gasteiger partial charge in [-0.15, -0.1) is 0 Å². The molecule has 1 aromatic carbocycles. The minimum atomic E-state index is -3.36. The Labute approximate surface area is 176 Å². The minimum absolute atomic E-state index is 0.176. The van der Waals surface area contributed by atoms with E-state index in [9.17, 15) is 13.2 Å². The molecule has 0 bridgehead atoms. The number of carbonyl (C=O) groups is 1. The molecule has 3 rings (SSSR count). The molecule has 1 aliphatic rings. The van der Waals surface area contributed by atoms with Gasteiger partial charge in [0.2, 0.25) is 0 Å².